The van der Waals surface area contributed by atoms with Gasteiger partial charge in [0.05, 0.1) is 0 Å². The number of aryl methyl sites for hydroxylation is 1. The second kappa shape index (κ2) is 6.14. The van der Waals surface area contributed by atoms with Crippen LogP contribution in [-0.2, 0) is 6.61 Å². The van der Waals surface area contributed by atoms with Crippen LogP contribution >= 0.6 is 11.6 Å². The molecule has 0 bridgehead atoms. The first kappa shape index (κ1) is 14.7. The van der Waals surface area contributed by atoms with E-state index >= 15 is 0 Å². The summed E-state index contributed by atoms with van der Waals surface area (Å²) in [6.07, 6.45) is 1.67. The van der Waals surface area contributed by atoms with E-state index in [2.05, 4.69) is 18.8 Å². The van der Waals surface area contributed by atoms with E-state index < -0.39 is 0 Å². The first-order valence-electron chi connectivity index (χ1n) is 6.61. The summed E-state index contributed by atoms with van der Waals surface area (Å²) in [5, 5.41) is 0.783. The maximum Gasteiger partial charge on any atom is 0.129 e. The third-order valence-electron chi connectivity index (χ3n) is 3.23. The molecule has 4 heteroatoms. The lowest BCUT2D eigenvalue weighted by molar-refractivity contribution is 0.304. The van der Waals surface area contributed by atoms with Crippen LogP contribution in [0.1, 0.15) is 36.5 Å². The van der Waals surface area contributed by atoms with Crippen molar-refractivity contribution >= 4 is 17.4 Å². The summed E-state index contributed by atoms with van der Waals surface area (Å²) in [4.78, 5) is 4.05. The molecule has 0 amide bonds. The van der Waals surface area contributed by atoms with Crippen molar-refractivity contribution < 1.29 is 4.74 Å². The van der Waals surface area contributed by atoms with Crippen molar-refractivity contribution in [3.63, 3.8) is 0 Å². The highest BCUT2D eigenvalue weighted by atomic mass is 35.5. The van der Waals surface area contributed by atoms with Crippen LogP contribution in [0.15, 0.2) is 30.5 Å². The molecule has 0 radical (unpaired) electrons. The molecule has 1 aromatic carbocycles. The van der Waals surface area contributed by atoms with E-state index in [0.29, 0.717) is 18.3 Å². The fourth-order valence-electron chi connectivity index (χ4n) is 1.99. The Morgan fingerprint density at radius 1 is 1.35 bits per heavy atom. The Kier molecular flexibility index (Phi) is 4.50. The summed E-state index contributed by atoms with van der Waals surface area (Å²) in [5.74, 6) is 1.69. The van der Waals surface area contributed by atoms with E-state index in [1.807, 2.05) is 31.2 Å². The van der Waals surface area contributed by atoms with E-state index in [4.69, 9.17) is 22.1 Å². The van der Waals surface area contributed by atoms with Crippen LogP contribution in [0.25, 0.3) is 0 Å². The molecule has 3 nitrogen and oxygen atoms in total. The lowest BCUT2D eigenvalue weighted by atomic mass is 10.0. The zero-order chi connectivity index (χ0) is 14.7. The maximum absolute atomic E-state index is 6.25. The molecule has 0 saturated carbocycles. The van der Waals surface area contributed by atoms with Gasteiger partial charge in [0.2, 0.25) is 0 Å². The Hall–Kier alpha value is -1.74. The van der Waals surface area contributed by atoms with Gasteiger partial charge in [-0.15, -0.1) is 0 Å². The van der Waals surface area contributed by atoms with Crippen LogP contribution in [0.4, 0.5) is 5.82 Å². The zero-order valence-corrected chi connectivity index (χ0v) is 12.7. The standard InChI is InChI=1S/C16H19ClN2O/c1-10(2)13-8-15(11(3)7-14(13)17)20-9-12-5-4-6-19-16(12)18/h4-8,10H,9H2,1-3H3,(H2,18,19). The lowest BCUT2D eigenvalue weighted by Gasteiger charge is -2.15. The molecule has 1 aromatic heterocycles. The fraction of sp³-hybridized carbons (Fsp3) is 0.312. The van der Waals surface area contributed by atoms with Gasteiger partial charge in [-0.05, 0) is 42.2 Å². The minimum absolute atomic E-state index is 0.355. The molecule has 2 rings (SSSR count). The van der Waals surface area contributed by atoms with Gasteiger partial charge in [0.25, 0.3) is 0 Å². The number of hydrogen-bond acceptors (Lipinski definition) is 3. The number of hydrogen-bond donors (Lipinski definition) is 1. The minimum atomic E-state index is 0.355. The smallest absolute Gasteiger partial charge is 0.129 e. The molecule has 0 saturated heterocycles. The van der Waals surface area contributed by atoms with E-state index in [9.17, 15) is 0 Å². The molecule has 106 valence electrons. The van der Waals surface area contributed by atoms with Gasteiger partial charge in [-0.3, -0.25) is 0 Å². The van der Waals surface area contributed by atoms with Gasteiger partial charge < -0.3 is 10.5 Å². The minimum Gasteiger partial charge on any atom is -0.488 e. The molecule has 0 aliphatic rings. The number of nitrogen functional groups attached to an aromatic ring is 1. The first-order chi connectivity index (χ1) is 9.49. The van der Waals surface area contributed by atoms with E-state index in [1.165, 1.54) is 0 Å². The number of nitrogens with two attached hydrogens (primary N) is 1. The van der Waals surface area contributed by atoms with Crippen molar-refractivity contribution in [3.05, 3.63) is 52.2 Å². The van der Waals surface area contributed by atoms with Crippen molar-refractivity contribution in [1.82, 2.24) is 4.98 Å². The topological polar surface area (TPSA) is 48.1 Å². The SMILES string of the molecule is Cc1cc(Cl)c(C(C)C)cc1OCc1cccnc1N. The number of ether oxygens (including phenoxy) is 1. The number of aromatic nitrogens is 1. The predicted molar refractivity (Wildman–Crippen MR) is 83.3 cm³/mol. The molecule has 0 aliphatic carbocycles. The molecule has 20 heavy (non-hydrogen) atoms. The van der Waals surface area contributed by atoms with Crippen LogP contribution in [0.2, 0.25) is 5.02 Å². The monoisotopic (exact) mass is 290 g/mol. The highest BCUT2D eigenvalue weighted by Gasteiger charge is 2.10. The molecule has 0 atom stereocenters. The third-order valence-corrected chi connectivity index (χ3v) is 3.55. The summed E-state index contributed by atoms with van der Waals surface area (Å²) in [7, 11) is 0. The van der Waals surface area contributed by atoms with Crippen molar-refractivity contribution in [2.24, 2.45) is 0 Å². The first-order valence-corrected chi connectivity index (χ1v) is 6.99. The second-order valence-corrected chi connectivity index (χ2v) is 5.54. The summed E-state index contributed by atoms with van der Waals surface area (Å²) >= 11 is 6.25. The molecule has 0 aliphatic heterocycles. The van der Waals surface area contributed by atoms with Crippen molar-refractivity contribution in [1.29, 1.82) is 0 Å². The Labute approximate surface area is 124 Å². The van der Waals surface area contributed by atoms with Crippen LogP contribution in [0, 0.1) is 6.92 Å². The third kappa shape index (κ3) is 3.23. The maximum atomic E-state index is 6.25. The quantitative estimate of drug-likeness (QED) is 0.912. The second-order valence-electron chi connectivity index (χ2n) is 5.13. The molecular weight excluding hydrogens is 272 g/mol. The van der Waals surface area contributed by atoms with Crippen molar-refractivity contribution in [2.45, 2.75) is 33.3 Å². The highest BCUT2D eigenvalue weighted by molar-refractivity contribution is 6.31. The lowest BCUT2D eigenvalue weighted by Crippen LogP contribution is -2.03. The summed E-state index contributed by atoms with van der Waals surface area (Å²) in [6.45, 7) is 6.61. The van der Waals surface area contributed by atoms with Gasteiger partial charge in [-0.25, -0.2) is 4.98 Å². The van der Waals surface area contributed by atoms with E-state index in [1.54, 1.807) is 6.20 Å². The van der Waals surface area contributed by atoms with Gasteiger partial charge in [0, 0.05) is 16.8 Å². The Balaban J connectivity index is 2.21. The van der Waals surface area contributed by atoms with Crippen molar-refractivity contribution in [2.75, 3.05) is 5.73 Å². The normalized spacial score (nSPS) is 10.8. The van der Waals surface area contributed by atoms with Crippen LogP contribution in [-0.4, -0.2) is 4.98 Å². The molecule has 0 fully saturated rings. The fourth-order valence-corrected chi connectivity index (χ4v) is 2.43. The Morgan fingerprint density at radius 2 is 2.10 bits per heavy atom. The average molecular weight is 291 g/mol. The molecule has 0 spiro atoms. The number of benzene rings is 1. The van der Waals surface area contributed by atoms with E-state index in [0.717, 1.165) is 27.5 Å². The predicted octanol–water partition coefficient (Wildman–Crippen LogP) is 4.33. The van der Waals surface area contributed by atoms with E-state index in [-0.39, 0.29) is 0 Å². The molecule has 2 aromatic rings. The number of nitrogens with zero attached hydrogens (tertiary/aromatic N) is 1. The van der Waals surface area contributed by atoms with Crippen LogP contribution < -0.4 is 10.5 Å². The molecule has 2 N–H and O–H groups in total. The van der Waals surface area contributed by atoms with Crippen LogP contribution in [0.3, 0.4) is 0 Å². The summed E-state index contributed by atoms with van der Waals surface area (Å²) < 4.78 is 5.87. The number of halogens is 1. The van der Waals surface area contributed by atoms with Gasteiger partial charge in [0.15, 0.2) is 0 Å². The van der Waals surface area contributed by atoms with Gasteiger partial charge in [-0.1, -0.05) is 31.5 Å². The molecule has 0 unspecified atom stereocenters. The Bertz CT molecular complexity index is 611. The zero-order valence-electron chi connectivity index (χ0n) is 12.0. The largest absolute Gasteiger partial charge is 0.488 e. The highest BCUT2D eigenvalue weighted by Crippen LogP contribution is 2.31. The Morgan fingerprint density at radius 3 is 2.75 bits per heavy atom. The number of pyridine rings is 1. The van der Waals surface area contributed by atoms with Crippen LogP contribution in [0.5, 0.6) is 5.75 Å². The summed E-state index contributed by atoms with van der Waals surface area (Å²) in [5.41, 5.74) is 8.80. The van der Waals surface area contributed by atoms with Gasteiger partial charge in [-0.2, -0.15) is 0 Å². The molecular formula is C16H19ClN2O. The summed E-state index contributed by atoms with van der Waals surface area (Å²) in [6, 6.07) is 7.72. The number of anilines is 1. The average Bonchev–Trinajstić information content (AvgIpc) is 2.39. The van der Waals surface area contributed by atoms with Crippen molar-refractivity contribution in [3.8, 4) is 5.75 Å². The van der Waals surface area contributed by atoms with Gasteiger partial charge >= 0.3 is 0 Å². The number of rotatable bonds is 4. The molecule has 1 heterocycles. The van der Waals surface area contributed by atoms with Gasteiger partial charge in [0.1, 0.15) is 18.2 Å².